The van der Waals surface area contributed by atoms with Crippen LogP contribution < -0.4 is 11.1 Å². The molecule has 1 aliphatic rings. The minimum Gasteiger partial charge on any atom is -0.508 e. The average Bonchev–Trinajstić information content (AvgIpc) is 3.08. The van der Waals surface area contributed by atoms with Crippen molar-refractivity contribution in [3.8, 4) is 22.6 Å². The summed E-state index contributed by atoms with van der Waals surface area (Å²) in [4.78, 5) is 0. The molecule has 1 aliphatic heterocycles. The zero-order valence-corrected chi connectivity index (χ0v) is 15.2. The van der Waals surface area contributed by atoms with E-state index < -0.39 is 0 Å². The maximum Gasteiger partial charge on any atom is 0.127 e. The number of phenols is 2. The molecule has 1 heterocycles. The van der Waals surface area contributed by atoms with E-state index in [0.717, 1.165) is 23.3 Å². The summed E-state index contributed by atoms with van der Waals surface area (Å²) in [6.45, 7) is 8.75. The van der Waals surface area contributed by atoms with Gasteiger partial charge in [-0.3, -0.25) is 0 Å². The predicted octanol–water partition coefficient (Wildman–Crippen LogP) is 3.99. The summed E-state index contributed by atoms with van der Waals surface area (Å²) in [6.07, 6.45) is 2.39. The Bertz CT molecular complexity index is 640. The first kappa shape index (κ1) is 20.5. The molecular weight excluding hydrogens is 314 g/mol. The SMILES string of the molecule is CC.CC1CCNC1.N=Cc1c(N)cc(-c2ccc(O)cc2)cc1O. The summed E-state index contributed by atoms with van der Waals surface area (Å²) >= 11 is 0. The molecule has 0 spiro atoms. The third-order valence-electron chi connectivity index (χ3n) is 3.84. The maximum atomic E-state index is 9.71. The van der Waals surface area contributed by atoms with Gasteiger partial charge in [-0.15, -0.1) is 0 Å². The first-order chi connectivity index (χ1) is 12.0. The third-order valence-corrected chi connectivity index (χ3v) is 3.84. The fraction of sp³-hybridized carbons (Fsp3) is 0.350. The summed E-state index contributed by atoms with van der Waals surface area (Å²) in [7, 11) is 0. The molecule has 0 aliphatic carbocycles. The molecule has 6 N–H and O–H groups in total. The van der Waals surface area contributed by atoms with Crippen molar-refractivity contribution in [3.05, 3.63) is 42.0 Å². The van der Waals surface area contributed by atoms with Gasteiger partial charge < -0.3 is 26.7 Å². The summed E-state index contributed by atoms with van der Waals surface area (Å²) in [5.41, 5.74) is 7.98. The lowest BCUT2D eigenvalue weighted by atomic mass is 10.0. The van der Waals surface area contributed by atoms with E-state index >= 15 is 0 Å². The zero-order chi connectivity index (χ0) is 18.8. The summed E-state index contributed by atoms with van der Waals surface area (Å²) in [5, 5.41) is 29.3. The summed E-state index contributed by atoms with van der Waals surface area (Å²) in [6, 6.07) is 9.82. The van der Waals surface area contributed by atoms with Gasteiger partial charge in [0.1, 0.15) is 11.5 Å². The van der Waals surface area contributed by atoms with Gasteiger partial charge in [-0.1, -0.05) is 32.9 Å². The molecule has 0 radical (unpaired) electrons. The molecule has 3 rings (SSSR count). The molecule has 0 bridgehead atoms. The zero-order valence-electron chi connectivity index (χ0n) is 15.2. The summed E-state index contributed by atoms with van der Waals surface area (Å²) in [5.74, 6) is 1.09. The van der Waals surface area contributed by atoms with Gasteiger partial charge >= 0.3 is 0 Å². The molecule has 1 atom stereocenters. The second-order valence-corrected chi connectivity index (χ2v) is 5.79. The number of nitrogen functional groups attached to an aromatic ring is 1. The molecule has 5 heteroatoms. The lowest BCUT2D eigenvalue weighted by Gasteiger charge is -2.08. The van der Waals surface area contributed by atoms with E-state index in [1.54, 1.807) is 36.4 Å². The van der Waals surface area contributed by atoms with E-state index in [2.05, 4.69) is 12.2 Å². The first-order valence-corrected chi connectivity index (χ1v) is 8.64. The van der Waals surface area contributed by atoms with Crippen LogP contribution in [0.1, 0.15) is 32.8 Å². The van der Waals surface area contributed by atoms with Crippen molar-refractivity contribution in [2.45, 2.75) is 27.2 Å². The molecule has 5 nitrogen and oxygen atoms in total. The van der Waals surface area contributed by atoms with E-state index in [-0.39, 0.29) is 11.5 Å². The van der Waals surface area contributed by atoms with Crippen LogP contribution >= 0.6 is 0 Å². The van der Waals surface area contributed by atoms with Crippen LogP contribution in [0.4, 0.5) is 5.69 Å². The Labute approximate surface area is 150 Å². The quantitative estimate of drug-likeness (QED) is 0.420. The monoisotopic (exact) mass is 343 g/mol. The highest BCUT2D eigenvalue weighted by molar-refractivity contribution is 5.91. The van der Waals surface area contributed by atoms with Crippen molar-refractivity contribution in [3.63, 3.8) is 0 Å². The number of hydrogen-bond donors (Lipinski definition) is 5. The van der Waals surface area contributed by atoms with E-state index in [4.69, 9.17) is 11.1 Å². The van der Waals surface area contributed by atoms with Gasteiger partial charge in [-0.25, -0.2) is 0 Å². The smallest absolute Gasteiger partial charge is 0.127 e. The van der Waals surface area contributed by atoms with Gasteiger partial charge in [0.05, 0.1) is 5.56 Å². The Morgan fingerprint density at radius 2 is 1.76 bits per heavy atom. The lowest BCUT2D eigenvalue weighted by molar-refractivity contribution is 0.475. The van der Waals surface area contributed by atoms with Crippen LogP contribution in [0.2, 0.25) is 0 Å². The number of anilines is 1. The Balaban J connectivity index is 0.000000326. The molecule has 0 saturated carbocycles. The molecule has 1 unspecified atom stereocenters. The normalized spacial score (nSPS) is 15.4. The minimum atomic E-state index is -0.0249. The molecular formula is C20H29N3O2. The van der Waals surface area contributed by atoms with Crippen molar-refractivity contribution in [2.75, 3.05) is 18.8 Å². The number of benzene rings is 2. The van der Waals surface area contributed by atoms with Gasteiger partial charge in [0.25, 0.3) is 0 Å². The summed E-state index contributed by atoms with van der Waals surface area (Å²) < 4.78 is 0. The highest BCUT2D eigenvalue weighted by atomic mass is 16.3. The van der Waals surface area contributed by atoms with E-state index in [1.807, 2.05) is 13.8 Å². The number of aromatic hydroxyl groups is 2. The fourth-order valence-electron chi connectivity index (χ4n) is 2.44. The highest BCUT2D eigenvalue weighted by Crippen LogP contribution is 2.30. The maximum absolute atomic E-state index is 9.71. The number of nitrogens with one attached hydrogen (secondary N) is 2. The molecule has 2 aromatic carbocycles. The largest absolute Gasteiger partial charge is 0.508 e. The molecule has 1 fully saturated rings. The van der Waals surface area contributed by atoms with E-state index in [0.29, 0.717) is 11.3 Å². The van der Waals surface area contributed by atoms with Crippen molar-refractivity contribution < 1.29 is 10.2 Å². The Morgan fingerprint density at radius 3 is 2.16 bits per heavy atom. The van der Waals surface area contributed by atoms with Crippen LogP contribution in [0.5, 0.6) is 11.5 Å². The molecule has 2 aromatic rings. The van der Waals surface area contributed by atoms with Crippen molar-refractivity contribution in [1.82, 2.24) is 5.32 Å². The van der Waals surface area contributed by atoms with Gasteiger partial charge in [0, 0.05) is 11.9 Å². The van der Waals surface area contributed by atoms with Gasteiger partial charge in [0.15, 0.2) is 0 Å². The number of nitrogens with two attached hydrogens (primary N) is 1. The first-order valence-electron chi connectivity index (χ1n) is 8.64. The number of rotatable bonds is 2. The molecule has 0 amide bonds. The second-order valence-electron chi connectivity index (χ2n) is 5.79. The molecule has 0 aromatic heterocycles. The van der Waals surface area contributed by atoms with Crippen LogP contribution in [0.3, 0.4) is 0 Å². The Kier molecular flexibility index (Phi) is 8.50. The second kappa shape index (κ2) is 10.4. The topological polar surface area (TPSA) is 102 Å². The van der Waals surface area contributed by atoms with Gasteiger partial charge in [0.2, 0.25) is 0 Å². The van der Waals surface area contributed by atoms with Crippen molar-refractivity contribution in [1.29, 1.82) is 5.41 Å². The minimum absolute atomic E-state index is 0.0249. The average molecular weight is 343 g/mol. The Morgan fingerprint density at radius 1 is 1.12 bits per heavy atom. The fourth-order valence-corrected chi connectivity index (χ4v) is 2.44. The van der Waals surface area contributed by atoms with Gasteiger partial charge in [-0.2, -0.15) is 0 Å². The molecule has 136 valence electrons. The molecule has 25 heavy (non-hydrogen) atoms. The van der Waals surface area contributed by atoms with Crippen LogP contribution in [0, 0.1) is 11.3 Å². The lowest BCUT2D eigenvalue weighted by Crippen LogP contribution is -2.06. The standard InChI is InChI=1S/C13H12N2O2.C5H11N.C2H6/c14-7-11-12(15)5-9(6-13(11)17)8-1-3-10(16)4-2-8;1-5-2-3-6-4-5;1-2/h1-7,14,16-17H,15H2;5-6H,2-4H2,1H3;1-2H3. The van der Waals surface area contributed by atoms with E-state index in [9.17, 15) is 10.2 Å². The van der Waals surface area contributed by atoms with Crippen LogP contribution in [-0.2, 0) is 0 Å². The van der Waals surface area contributed by atoms with Crippen LogP contribution in [0.15, 0.2) is 36.4 Å². The number of hydrogen-bond acceptors (Lipinski definition) is 5. The van der Waals surface area contributed by atoms with Crippen molar-refractivity contribution in [2.24, 2.45) is 5.92 Å². The third kappa shape index (κ3) is 6.12. The van der Waals surface area contributed by atoms with Gasteiger partial charge in [-0.05, 0) is 60.8 Å². The molecule has 1 saturated heterocycles. The van der Waals surface area contributed by atoms with Crippen LogP contribution in [0.25, 0.3) is 11.1 Å². The Hall–Kier alpha value is -2.53. The predicted molar refractivity (Wildman–Crippen MR) is 106 cm³/mol. The number of phenolic OH excluding ortho intramolecular Hbond substituents is 2. The van der Waals surface area contributed by atoms with Crippen molar-refractivity contribution >= 4 is 11.9 Å². The van der Waals surface area contributed by atoms with Crippen LogP contribution in [-0.4, -0.2) is 29.5 Å². The van der Waals surface area contributed by atoms with E-state index in [1.165, 1.54) is 19.5 Å². The highest BCUT2D eigenvalue weighted by Gasteiger charge is 2.07.